The number of nitrogen functional groups attached to an aromatic ring is 1. The fraction of sp³-hybridized carbons (Fsp3) is 0.400. The maximum absolute atomic E-state index is 13.1. The standard InChI is InChI=1S/C20H26N6O2/c1-12(2)9-17(20(28)26-8-7-16-15(11-26)10-23-25-16)24-19(27)14-5-3-13(4-6-14)18(21)22/h3-6,10,12,17H,7-9,11H2,1-2H3,(H3,21,22)(H,23,25)(H,24,27)/t17-/m0/s1. The summed E-state index contributed by atoms with van der Waals surface area (Å²) in [5.41, 5.74) is 8.52. The van der Waals surface area contributed by atoms with Gasteiger partial charge in [-0.1, -0.05) is 26.0 Å². The third-order valence-electron chi connectivity index (χ3n) is 4.88. The number of rotatable bonds is 6. The highest BCUT2D eigenvalue weighted by molar-refractivity contribution is 5.99. The third-order valence-corrected chi connectivity index (χ3v) is 4.88. The molecule has 3 rings (SSSR count). The number of amidine groups is 1. The SMILES string of the molecule is CC(C)C[C@H](NC(=O)c1ccc(C(=N)N)cc1)C(=O)N1CCc2[nH]ncc2C1. The maximum atomic E-state index is 13.1. The van der Waals surface area contributed by atoms with Crippen LogP contribution in [-0.2, 0) is 17.8 Å². The largest absolute Gasteiger partial charge is 0.384 e. The number of carbonyl (C=O) groups excluding carboxylic acids is 2. The van der Waals surface area contributed by atoms with Crippen LogP contribution >= 0.6 is 0 Å². The van der Waals surface area contributed by atoms with Crippen molar-refractivity contribution >= 4 is 17.6 Å². The molecule has 0 saturated heterocycles. The van der Waals surface area contributed by atoms with Gasteiger partial charge in [0.1, 0.15) is 11.9 Å². The normalized spacial score (nSPS) is 14.5. The van der Waals surface area contributed by atoms with E-state index >= 15 is 0 Å². The highest BCUT2D eigenvalue weighted by Crippen LogP contribution is 2.18. The molecule has 148 valence electrons. The van der Waals surface area contributed by atoms with Crippen LogP contribution < -0.4 is 11.1 Å². The van der Waals surface area contributed by atoms with E-state index in [4.69, 9.17) is 11.1 Å². The number of nitrogens with zero attached hydrogens (tertiary/aromatic N) is 2. The van der Waals surface area contributed by atoms with E-state index in [0.717, 1.165) is 17.7 Å². The molecular weight excluding hydrogens is 356 g/mol. The second-order valence-electron chi connectivity index (χ2n) is 7.53. The van der Waals surface area contributed by atoms with E-state index in [1.165, 1.54) is 0 Å². The molecule has 0 radical (unpaired) electrons. The monoisotopic (exact) mass is 382 g/mol. The van der Waals surface area contributed by atoms with Crippen molar-refractivity contribution in [2.24, 2.45) is 11.7 Å². The third kappa shape index (κ3) is 4.39. The molecule has 0 bridgehead atoms. The predicted octanol–water partition coefficient (Wildman–Crippen LogP) is 1.42. The van der Waals surface area contributed by atoms with E-state index < -0.39 is 6.04 Å². The first kappa shape index (κ1) is 19.6. The van der Waals surface area contributed by atoms with Crippen LogP contribution in [0.15, 0.2) is 30.5 Å². The minimum absolute atomic E-state index is 0.0523. The number of amides is 2. The minimum Gasteiger partial charge on any atom is -0.384 e. The van der Waals surface area contributed by atoms with E-state index in [-0.39, 0.29) is 23.6 Å². The summed E-state index contributed by atoms with van der Waals surface area (Å²) in [6.07, 6.45) is 3.04. The number of aromatic amines is 1. The van der Waals surface area contributed by atoms with Gasteiger partial charge in [0, 0.05) is 41.9 Å². The first-order valence-corrected chi connectivity index (χ1v) is 9.40. The molecule has 5 N–H and O–H groups in total. The molecule has 0 fully saturated rings. The summed E-state index contributed by atoms with van der Waals surface area (Å²) in [6.45, 7) is 5.16. The lowest BCUT2D eigenvalue weighted by atomic mass is 10.00. The number of fused-ring (bicyclic) bond motifs is 1. The Bertz CT molecular complexity index is 871. The molecule has 1 aliphatic heterocycles. The van der Waals surface area contributed by atoms with Crippen molar-refractivity contribution in [3.63, 3.8) is 0 Å². The molecule has 2 heterocycles. The molecule has 1 aliphatic rings. The van der Waals surface area contributed by atoms with Crippen LogP contribution in [0.3, 0.4) is 0 Å². The summed E-state index contributed by atoms with van der Waals surface area (Å²) in [5.74, 6) is -0.184. The van der Waals surface area contributed by atoms with E-state index in [1.807, 2.05) is 13.8 Å². The molecular formula is C20H26N6O2. The summed E-state index contributed by atoms with van der Waals surface area (Å²) in [6, 6.07) is 5.89. The quantitative estimate of drug-likeness (QED) is 0.445. The van der Waals surface area contributed by atoms with Gasteiger partial charge in [-0.25, -0.2) is 0 Å². The average molecular weight is 382 g/mol. The second-order valence-corrected chi connectivity index (χ2v) is 7.53. The van der Waals surface area contributed by atoms with Gasteiger partial charge < -0.3 is 16.0 Å². The molecule has 1 aromatic carbocycles. The fourth-order valence-electron chi connectivity index (χ4n) is 3.37. The van der Waals surface area contributed by atoms with Gasteiger partial charge in [-0.15, -0.1) is 0 Å². The zero-order valence-electron chi connectivity index (χ0n) is 16.2. The van der Waals surface area contributed by atoms with Gasteiger partial charge in [0.2, 0.25) is 5.91 Å². The Balaban J connectivity index is 1.71. The van der Waals surface area contributed by atoms with Crippen molar-refractivity contribution in [3.8, 4) is 0 Å². The van der Waals surface area contributed by atoms with Gasteiger partial charge in [0.15, 0.2) is 0 Å². The number of hydrogen-bond donors (Lipinski definition) is 4. The predicted molar refractivity (Wildman–Crippen MR) is 106 cm³/mol. The van der Waals surface area contributed by atoms with Crippen molar-refractivity contribution in [1.29, 1.82) is 5.41 Å². The summed E-state index contributed by atoms with van der Waals surface area (Å²) >= 11 is 0. The van der Waals surface area contributed by atoms with Crippen LogP contribution in [0.2, 0.25) is 0 Å². The van der Waals surface area contributed by atoms with E-state index in [9.17, 15) is 9.59 Å². The Morgan fingerprint density at radius 1 is 1.29 bits per heavy atom. The highest BCUT2D eigenvalue weighted by atomic mass is 16.2. The zero-order valence-corrected chi connectivity index (χ0v) is 16.2. The fourth-order valence-corrected chi connectivity index (χ4v) is 3.37. The van der Waals surface area contributed by atoms with Gasteiger partial charge in [0.05, 0.1) is 6.20 Å². The number of aromatic nitrogens is 2. The second kappa shape index (κ2) is 8.24. The van der Waals surface area contributed by atoms with Crippen molar-refractivity contribution < 1.29 is 9.59 Å². The number of nitrogens with one attached hydrogen (secondary N) is 3. The maximum Gasteiger partial charge on any atom is 0.251 e. The lowest BCUT2D eigenvalue weighted by Gasteiger charge is -2.31. The van der Waals surface area contributed by atoms with E-state index in [2.05, 4.69) is 15.5 Å². The molecule has 8 nitrogen and oxygen atoms in total. The molecule has 28 heavy (non-hydrogen) atoms. The van der Waals surface area contributed by atoms with Crippen LogP contribution in [0.4, 0.5) is 0 Å². The van der Waals surface area contributed by atoms with Crippen molar-refractivity contribution in [2.45, 2.75) is 39.3 Å². The van der Waals surface area contributed by atoms with Gasteiger partial charge in [-0.05, 0) is 24.5 Å². The molecule has 1 aromatic heterocycles. The molecule has 0 unspecified atom stereocenters. The average Bonchev–Trinajstić information content (AvgIpc) is 3.14. The number of benzene rings is 1. The number of hydrogen-bond acceptors (Lipinski definition) is 4. The summed E-state index contributed by atoms with van der Waals surface area (Å²) in [5, 5.41) is 17.3. The summed E-state index contributed by atoms with van der Waals surface area (Å²) < 4.78 is 0. The molecule has 0 aliphatic carbocycles. The number of nitrogens with two attached hydrogens (primary N) is 1. The molecule has 0 spiro atoms. The smallest absolute Gasteiger partial charge is 0.251 e. The molecule has 2 aromatic rings. The van der Waals surface area contributed by atoms with Crippen LogP contribution in [0.5, 0.6) is 0 Å². The van der Waals surface area contributed by atoms with Gasteiger partial charge in [-0.3, -0.25) is 20.1 Å². The first-order chi connectivity index (χ1) is 13.3. The van der Waals surface area contributed by atoms with Gasteiger partial charge in [0.25, 0.3) is 5.91 Å². The van der Waals surface area contributed by atoms with Crippen LogP contribution in [0, 0.1) is 11.3 Å². The lowest BCUT2D eigenvalue weighted by Crippen LogP contribution is -2.50. The van der Waals surface area contributed by atoms with Crippen LogP contribution in [0.25, 0.3) is 0 Å². The molecule has 2 amide bonds. The Morgan fingerprint density at radius 3 is 2.61 bits per heavy atom. The number of H-pyrrole nitrogens is 1. The molecule has 0 saturated carbocycles. The summed E-state index contributed by atoms with van der Waals surface area (Å²) in [4.78, 5) is 27.6. The Labute approximate surface area is 164 Å². The Hall–Kier alpha value is -3.16. The Kier molecular flexibility index (Phi) is 5.77. The minimum atomic E-state index is -0.589. The zero-order chi connectivity index (χ0) is 20.3. The topological polar surface area (TPSA) is 128 Å². The van der Waals surface area contributed by atoms with E-state index in [1.54, 1.807) is 35.4 Å². The lowest BCUT2D eigenvalue weighted by molar-refractivity contribution is -0.134. The Morgan fingerprint density at radius 2 is 1.96 bits per heavy atom. The van der Waals surface area contributed by atoms with E-state index in [0.29, 0.717) is 30.6 Å². The van der Waals surface area contributed by atoms with Crippen LogP contribution in [0.1, 0.15) is 47.4 Å². The van der Waals surface area contributed by atoms with Crippen molar-refractivity contribution in [1.82, 2.24) is 20.4 Å². The van der Waals surface area contributed by atoms with Crippen molar-refractivity contribution in [3.05, 3.63) is 52.8 Å². The van der Waals surface area contributed by atoms with Gasteiger partial charge >= 0.3 is 0 Å². The van der Waals surface area contributed by atoms with Crippen molar-refractivity contribution in [2.75, 3.05) is 6.54 Å². The molecule has 8 heteroatoms. The van der Waals surface area contributed by atoms with Gasteiger partial charge in [-0.2, -0.15) is 5.10 Å². The number of carbonyl (C=O) groups is 2. The molecule has 1 atom stereocenters. The summed E-state index contributed by atoms with van der Waals surface area (Å²) in [7, 11) is 0. The van der Waals surface area contributed by atoms with Crippen LogP contribution in [-0.4, -0.2) is 45.3 Å². The highest BCUT2D eigenvalue weighted by Gasteiger charge is 2.29. The first-order valence-electron chi connectivity index (χ1n) is 9.40.